The molecule has 2 aliphatic carbocycles. The lowest BCUT2D eigenvalue weighted by Crippen LogP contribution is -2.32. The zero-order chi connectivity index (χ0) is 31.3. The van der Waals surface area contributed by atoms with Gasteiger partial charge in [-0.2, -0.15) is 0 Å². The molecule has 1 aromatic heterocycles. The molecule has 1 aliphatic heterocycles. The second-order valence-corrected chi connectivity index (χ2v) is 13.4. The highest BCUT2D eigenvalue weighted by Gasteiger charge is 2.52. The van der Waals surface area contributed by atoms with E-state index in [0.29, 0.717) is 0 Å². The van der Waals surface area contributed by atoms with E-state index in [1.165, 1.54) is 61.3 Å². The summed E-state index contributed by atoms with van der Waals surface area (Å²) < 4.78 is 0. The monoisotopic (exact) mass is 601 g/mol. The molecular weight excluding hydrogens is 571 g/mol. The number of hydrogen-bond acceptors (Lipinski definition) is 3. The molecule has 0 bridgehead atoms. The molecule has 47 heavy (non-hydrogen) atoms. The van der Waals surface area contributed by atoms with Gasteiger partial charge in [-0.05, 0) is 73.8 Å². The molecule has 10 rings (SSSR count). The Bertz CT molecular complexity index is 2340. The van der Waals surface area contributed by atoms with Gasteiger partial charge in [-0.3, -0.25) is 0 Å². The van der Waals surface area contributed by atoms with Crippen molar-refractivity contribution in [1.29, 1.82) is 0 Å². The lowest BCUT2D eigenvalue weighted by molar-refractivity contribution is 0.631. The number of anilines is 3. The van der Waals surface area contributed by atoms with Gasteiger partial charge in [-0.15, -0.1) is 0 Å². The minimum atomic E-state index is -0.408. The number of benzene rings is 6. The van der Waals surface area contributed by atoms with Crippen LogP contribution in [0.2, 0.25) is 0 Å². The topological polar surface area (TPSA) is 29.0 Å². The molecule has 6 aromatic carbocycles. The Balaban J connectivity index is 1.28. The Labute approximate surface area is 274 Å². The van der Waals surface area contributed by atoms with E-state index in [1.807, 2.05) is 30.6 Å². The van der Waals surface area contributed by atoms with Crippen LogP contribution in [0.1, 0.15) is 47.2 Å². The summed E-state index contributed by atoms with van der Waals surface area (Å²) in [6.07, 6.45) is 3.96. The van der Waals surface area contributed by atoms with Gasteiger partial charge >= 0.3 is 0 Å². The minimum Gasteiger partial charge on any atom is -0.307 e. The minimum absolute atomic E-state index is 0.224. The molecule has 0 saturated carbocycles. The molecule has 7 aromatic rings. The molecule has 222 valence electrons. The van der Waals surface area contributed by atoms with Crippen molar-refractivity contribution >= 4 is 17.1 Å². The molecule has 0 atom stereocenters. The summed E-state index contributed by atoms with van der Waals surface area (Å²) >= 11 is 0. The Morgan fingerprint density at radius 2 is 0.957 bits per heavy atom. The summed E-state index contributed by atoms with van der Waals surface area (Å²) in [5, 5.41) is 0. The van der Waals surface area contributed by atoms with Gasteiger partial charge in [0.15, 0.2) is 5.82 Å². The number of fused-ring (bicyclic) bond motifs is 12. The Kier molecular flexibility index (Phi) is 5.27. The summed E-state index contributed by atoms with van der Waals surface area (Å²) in [6, 6.07) is 51.0. The van der Waals surface area contributed by atoms with Crippen molar-refractivity contribution in [3.63, 3.8) is 0 Å². The fourth-order valence-electron chi connectivity index (χ4n) is 8.74. The summed E-state index contributed by atoms with van der Waals surface area (Å²) in [5.74, 6) is 0.725. The Hall–Kier alpha value is -5.80. The van der Waals surface area contributed by atoms with Crippen LogP contribution < -0.4 is 4.90 Å². The molecule has 3 heteroatoms. The third-order valence-corrected chi connectivity index (χ3v) is 10.8. The van der Waals surface area contributed by atoms with Crippen molar-refractivity contribution < 1.29 is 0 Å². The predicted octanol–water partition coefficient (Wildman–Crippen LogP) is 10.6. The molecule has 3 aliphatic rings. The van der Waals surface area contributed by atoms with Crippen molar-refractivity contribution in [1.82, 2.24) is 9.97 Å². The SMILES string of the molecule is CC1(C)c2ccccc2N(c2cnc(-c3ccccc3)nc2)c2cc3c(cc21)-c1ccccc1C31c2ccccc2-c2ccccc21. The number of rotatable bonds is 2. The standard InChI is InChI=1S/C44H31N3/c1-43(2)37-22-12-13-23-40(37)47(29-26-45-42(46-27-29)28-14-4-3-5-15-28)41-25-38-33(24-39(41)43)32-18-8-11-21-36(32)44(38)34-19-9-6-16-30(34)31-17-7-10-20-35(31)44/h3-27H,1-2H3. The van der Waals surface area contributed by atoms with Gasteiger partial charge in [0.1, 0.15) is 0 Å². The van der Waals surface area contributed by atoms with Crippen LogP contribution in [0.3, 0.4) is 0 Å². The first-order valence-electron chi connectivity index (χ1n) is 16.3. The van der Waals surface area contributed by atoms with Crippen LogP contribution in [0.4, 0.5) is 17.1 Å². The largest absolute Gasteiger partial charge is 0.307 e. The highest BCUT2D eigenvalue weighted by Crippen LogP contribution is 2.65. The van der Waals surface area contributed by atoms with Crippen LogP contribution in [0.25, 0.3) is 33.6 Å². The smallest absolute Gasteiger partial charge is 0.159 e. The molecular formula is C44H31N3. The number of para-hydroxylation sites is 1. The lowest BCUT2D eigenvalue weighted by atomic mass is 9.68. The van der Waals surface area contributed by atoms with Gasteiger partial charge in [-0.1, -0.05) is 135 Å². The molecule has 0 amide bonds. The first-order valence-corrected chi connectivity index (χ1v) is 16.3. The second-order valence-electron chi connectivity index (χ2n) is 13.4. The summed E-state index contributed by atoms with van der Waals surface area (Å²) in [5.41, 5.74) is 16.9. The highest BCUT2D eigenvalue weighted by atomic mass is 15.2. The van der Waals surface area contributed by atoms with E-state index < -0.39 is 5.41 Å². The maximum Gasteiger partial charge on any atom is 0.159 e. The van der Waals surface area contributed by atoms with E-state index in [2.05, 4.69) is 140 Å². The first kappa shape index (κ1) is 26.4. The zero-order valence-electron chi connectivity index (χ0n) is 26.3. The van der Waals surface area contributed by atoms with E-state index in [1.54, 1.807) is 0 Å². The number of hydrogen-bond donors (Lipinski definition) is 0. The molecule has 0 saturated heterocycles. The average Bonchev–Trinajstić information content (AvgIpc) is 3.59. The van der Waals surface area contributed by atoms with Crippen molar-refractivity contribution in [2.45, 2.75) is 24.7 Å². The van der Waals surface area contributed by atoms with E-state index >= 15 is 0 Å². The van der Waals surface area contributed by atoms with Crippen molar-refractivity contribution in [3.05, 3.63) is 185 Å². The van der Waals surface area contributed by atoms with Crippen molar-refractivity contribution in [2.24, 2.45) is 0 Å². The fourth-order valence-corrected chi connectivity index (χ4v) is 8.74. The third kappa shape index (κ3) is 3.36. The molecule has 0 fully saturated rings. The van der Waals surface area contributed by atoms with Crippen LogP contribution in [-0.4, -0.2) is 9.97 Å². The highest BCUT2D eigenvalue weighted by molar-refractivity contribution is 5.98. The number of aromatic nitrogens is 2. The number of nitrogens with zero attached hydrogens (tertiary/aromatic N) is 3. The van der Waals surface area contributed by atoms with Crippen LogP contribution in [-0.2, 0) is 10.8 Å². The van der Waals surface area contributed by atoms with Crippen LogP contribution in [0, 0.1) is 0 Å². The van der Waals surface area contributed by atoms with Gasteiger partial charge < -0.3 is 4.90 Å². The van der Waals surface area contributed by atoms with Gasteiger partial charge in [0, 0.05) is 11.0 Å². The predicted molar refractivity (Wildman–Crippen MR) is 191 cm³/mol. The quantitative estimate of drug-likeness (QED) is 0.197. The van der Waals surface area contributed by atoms with E-state index in [9.17, 15) is 0 Å². The molecule has 0 radical (unpaired) electrons. The normalized spacial score (nSPS) is 15.3. The van der Waals surface area contributed by atoms with Crippen LogP contribution in [0.5, 0.6) is 0 Å². The average molecular weight is 602 g/mol. The van der Waals surface area contributed by atoms with Gasteiger partial charge in [-0.25, -0.2) is 9.97 Å². The van der Waals surface area contributed by atoms with E-state index in [4.69, 9.17) is 9.97 Å². The molecule has 2 heterocycles. The maximum atomic E-state index is 4.89. The van der Waals surface area contributed by atoms with Crippen LogP contribution >= 0.6 is 0 Å². The Morgan fingerprint density at radius 1 is 0.447 bits per heavy atom. The first-order chi connectivity index (χ1) is 23.1. The molecule has 0 unspecified atom stereocenters. The Morgan fingerprint density at radius 3 is 1.57 bits per heavy atom. The third-order valence-electron chi connectivity index (χ3n) is 10.8. The lowest BCUT2D eigenvalue weighted by Gasteiger charge is -2.43. The zero-order valence-corrected chi connectivity index (χ0v) is 26.3. The van der Waals surface area contributed by atoms with Crippen LogP contribution in [0.15, 0.2) is 152 Å². The maximum absolute atomic E-state index is 4.89. The van der Waals surface area contributed by atoms with E-state index in [0.717, 1.165) is 22.8 Å². The van der Waals surface area contributed by atoms with Gasteiger partial charge in [0.25, 0.3) is 0 Å². The van der Waals surface area contributed by atoms with Gasteiger partial charge in [0.05, 0.1) is 34.9 Å². The summed E-state index contributed by atoms with van der Waals surface area (Å²) in [7, 11) is 0. The molecule has 0 N–H and O–H groups in total. The van der Waals surface area contributed by atoms with E-state index in [-0.39, 0.29) is 5.41 Å². The summed E-state index contributed by atoms with van der Waals surface area (Å²) in [6.45, 7) is 4.72. The van der Waals surface area contributed by atoms with Crippen molar-refractivity contribution in [3.8, 4) is 33.6 Å². The molecule has 1 spiro atoms. The van der Waals surface area contributed by atoms with Crippen molar-refractivity contribution in [2.75, 3.05) is 4.90 Å². The summed E-state index contributed by atoms with van der Waals surface area (Å²) in [4.78, 5) is 12.2. The second kappa shape index (κ2) is 9.37. The molecule has 3 nitrogen and oxygen atoms in total. The van der Waals surface area contributed by atoms with Gasteiger partial charge in [0.2, 0.25) is 0 Å². The fraction of sp³-hybridized carbons (Fsp3) is 0.0909.